The number of carbonyl (C=O) groups excluding carboxylic acids is 2. The lowest BCUT2D eigenvalue weighted by Gasteiger charge is -2.53. The van der Waals surface area contributed by atoms with Gasteiger partial charge in [-0.25, -0.2) is 9.97 Å². The van der Waals surface area contributed by atoms with Gasteiger partial charge < -0.3 is 67.0 Å². The molecule has 1 aliphatic carbocycles. The number of likely N-dealkylation sites (tertiary alicyclic amines) is 4. The average molecular weight is 1180 g/mol. The van der Waals surface area contributed by atoms with Crippen molar-refractivity contribution in [1.29, 1.82) is 0 Å². The van der Waals surface area contributed by atoms with Gasteiger partial charge in [-0.3, -0.25) is 9.59 Å². The number of ether oxygens (including phenoxy) is 1. The second-order valence-electron chi connectivity index (χ2n) is 25.6. The summed E-state index contributed by atoms with van der Waals surface area (Å²) in [5, 5.41) is 21.9. The Morgan fingerprint density at radius 2 is 1.68 bits per heavy atom. The number of benzene rings is 2. The van der Waals surface area contributed by atoms with Crippen molar-refractivity contribution in [3.05, 3.63) is 112 Å². The van der Waals surface area contributed by atoms with Gasteiger partial charge in [0.15, 0.2) is 0 Å². The molecule has 5 fully saturated rings. The Hall–Kier alpha value is -6.41. The number of oxime groups is 1. The van der Waals surface area contributed by atoms with Crippen LogP contribution in [0.5, 0.6) is 11.6 Å². The monoisotopic (exact) mass is 1180 g/mol. The minimum Gasteiger partial charge on any atom is -0.507 e. The molecule has 2 aromatic heterocycles. The fraction of sp³-hybridized carbons (Fsp3) is 0.591. The summed E-state index contributed by atoms with van der Waals surface area (Å²) in [6.45, 7) is 21.5. The van der Waals surface area contributed by atoms with Crippen LogP contribution in [0.3, 0.4) is 0 Å². The van der Waals surface area contributed by atoms with Crippen LogP contribution in [0.2, 0.25) is 0 Å². The highest BCUT2D eigenvalue weighted by Gasteiger charge is 2.49. The lowest BCUT2D eigenvalue weighted by atomic mass is 9.61. The third kappa shape index (κ3) is 15.2. The Morgan fingerprint density at radius 3 is 2.38 bits per heavy atom. The van der Waals surface area contributed by atoms with E-state index in [1.54, 1.807) is 35.6 Å². The molecule has 4 unspecified atom stereocenters. The summed E-state index contributed by atoms with van der Waals surface area (Å²) in [7, 11) is 0. The summed E-state index contributed by atoms with van der Waals surface area (Å²) in [6.07, 6.45) is 17.0. The summed E-state index contributed by atoms with van der Waals surface area (Å²) in [6, 6.07) is 19.3. The highest BCUT2D eigenvalue weighted by atomic mass is 32.1. The van der Waals surface area contributed by atoms with Gasteiger partial charge in [0.2, 0.25) is 17.7 Å². The van der Waals surface area contributed by atoms with Crippen molar-refractivity contribution in [1.82, 2.24) is 45.1 Å². The number of piperidine rings is 3. The maximum Gasteiger partial charge on any atom is 0.243 e. The van der Waals surface area contributed by atoms with Crippen LogP contribution >= 0.6 is 11.3 Å². The molecule has 4 saturated heterocycles. The maximum atomic E-state index is 14.5. The minimum absolute atomic E-state index is 0.00148. The molecule has 85 heavy (non-hydrogen) atoms. The number of nitrogens with two attached hydrogens (primary N) is 3. The van der Waals surface area contributed by atoms with Gasteiger partial charge in [-0.05, 0) is 175 Å². The van der Waals surface area contributed by atoms with Crippen molar-refractivity contribution in [2.24, 2.45) is 45.5 Å². The first-order chi connectivity index (χ1) is 41.1. The molecule has 0 radical (unpaired) electrons. The number of pyridine rings is 1. The molecule has 18 nitrogen and oxygen atoms in total. The van der Waals surface area contributed by atoms with Crippen LogP contribution in [0.15, 0.2) is 95.1 Å². The number of amides is 2. The number of hydrogen-bond donors (Lipinski definition) is 6. The molecule has 460 valence electrons. The molecular formula is C66H95N13O5S. The molecule has 1 saturated carbocycles. The van der Waals surface area contributed by atoms with Crippen LogP contribution in [-0.2, 0) is 21.0 Å². The number of carbonyl (C=O) groups is 2. The molecule has 7 heterocycles. The van der Waals surface area contributed by atoms with Gasteiger partial charge >= 0.3 is 0 Å². The summed E-state index contributed by atoms with van der Waals surface area (Å²) < 4.78 is 6.58. The number of hydrogen-bond acceptors (Lipinski definition) is 17. The normalized spacial score (nSPS) is 21.6. The fourth-order valence-electron chi connectivity index (χ4n) is 14.2. The summed E-state index contributed by atoms with van der Waals surface area (Å²) in [5.74, 6) is 2.06. The molecule has 6 aliphatic rings. The van der Waals surface area contributed by atoms with E-state index in [1.807, 2.05) is 48.7 Å². The van der Waals surface area contributed by atoms with Crippen LogP contribution in [-0.4, -0.2) is 154 Å². The second kappa shape index (κ2) is 28.4. The van der Waals surface area contributed by atoms with Crippen molar-refractivity contribution < 1.29 is 24.3 Å². The standard InChI is InChI=1S/C66H95N13O5S/c1-6-7-25-70-27-35-78(56(63(68)69)37-54(67)53-11-8-9-13-57(53)80)42-48-18-26-71-60(36-48)83-52-39-66(40-52)23-33-76(34-24-66)51-21-29-75(30-22-51)41-47-19-31-77(32-20-47)59-38-58(84-74-59)61(44(2)3)65(82)79-28-10-12-55(79)64(81)73-45(4)49-14-16-50(17-15-49)62-46(5)72-43-85-62/h8-9,11,13-18,26,36-37,43-45,47,51-52,55,58,61,70,80H,6-7,10,12,19-25,27-35,38-42,67-69H2,1-5H3,(H,73,81)/b54-37-. The number of para-hydroxylation sites is 1. The number of phenolic OH excluding ortho intramolecular Hbond substituents is 1. The Labute approximate surface area is 508 Å². The SMILES string of the molecule is CCCCNCCN(Cc1ccnc(OC2CC3(CCN(C4CCN(CC5CCN(C6=NOC(C(C(=O)N7CCCC7C(=O)NC(C)c7ccc(-c8scnc8C)cc7)C(C)C)C6)CC5)CC4)CC3)C2)c1)C(/C=C(\N)c1ccccc1O)=C(N)N. The molecule has 2 aromatic carbocycles. The van der Waals surface area contributed by atoms with Gasteiger partial charge in [-0.2, -0.15) is 0 Å². The largest absolute Gasteiger partial charge is 0.507 e. The van der Waals surface area contributed by atoms with Crippen LogP contribution in [0.1, 0.15) is 140 Å². The molecule has 1 spiro atoms. The third-order valence-electron chi connectivity index (χ3n) is 19.3. The Balaban J connectivity index is 0.627. The van der Waals surface area contributed by atoms with Crippen molar-refractivity contribution >= 4 is 34.7 Å². The van der Waals surface area contributed by atoms with Crippen LogP contribution in [0, 0.1) is 30.1 Å². The first-order valence-electron chi connectivity index (χ1n) is 31.8. The van der Waals surface area contributed by atoms with Gasteiger partial charge in [0, 0.05) is 81.8 Å². The van der Waals surface area contributed by atoms with Gasteiger partial charge in [0.1, 0.15) is 35.7 Å². The molecular weight excluding hydrogens is 1090 g/mol. The van der Waals surface area contributed by atoms with E-state index < -0.39 is 6.04 Å². The van der Waals surface area contributed by atoms with Gasteiger partial charge in [-0.1, -0.05) is 68.7 Å². The van der Waals surface area contributed by atoms with Crippen molar-refractivity contribution in [2.75, 3.05) is 72.0 Å². The number of phenols is 1. The predicted molar refractivity (Wildman–Crippen MR) is 338 cm³/mol. The number of aromatic nitrogens is 2. The summed E-state index contributed by atoms with van der Waals surface area (Å²) >= 11 is 1.63. The molecule has 19 heteroatoms. The minimum atomic E-state index is -0.498. The number of aromatic hydroxyl groups is 1. The second-order valence-corrected chi connectivity index (χ2v) is 26.4. The lowest BCUT2D eigenvalue weighted by molar-refractivity contribution is -0.147. The zero-order valence-corrected chi connectivity index (χ0v) is 51.9. The van der Waals surface area contributed by atoms with E-state index in [4.69, 9.17) is 26.8 Å². The van der Waals surface area contributed by atoms with E-state index in [1.165, 1.54) is 25.7 Å². The van der Waals surface area contributed by atoms with E-state index >= 15 is 0 Å². The smallest absolute Gasteiger partial charge is 0.243 e. The first-order valence-corrected chi connectivity index (χ1v) is 32.7. The molecule has 0 bridgehead atoms. The summed E-state index contributed by atoms with van der Waals surface area (Å²) in [4.78, 5) is 56.5. The fourth-order valence-corrected chi connectivity index (χ4v) is 15.0. The van der Waals surface area contributed by atoms with Gasteiger partial charge in [-0.15, -0.1) is 11.3 Å². The van der Waals surface area contributed by atoms with E-state index in [0.29, 0.717) is 72.7 Å². The lowest BCUT2D eigenvalue weighted by Crippen LogP contribution is -2.54. The molecule has 9 N–H and O–H groups in total. The highest BCUT2D eigenvalue weighted by Crippen LogP contribution is 2.51. The Kier molecular flexibility index (Phi) is 20.6. The molecule has 10 rings (SSSR count). The number of thiazole rings is 1. The molecule has 4 atom stereocenters. The number of rotatable bonds is 23. The zero-order valence-electron chi connectivity index (χ0n) is 51.1. The van der Waals surface area contributed by atoms with Crippen molar-refractivity contribution in [3.63, 3.8) is 0 Å². The van der Waals surface area contributed by atoms with Crippen LogP contribution in [0.25, 0.3) is 16.1 Å². The van der Waals surface area contributed by atoms with E-state index in [0.717, 1.165) is 137 Å². The average Bonchev–Trinajstić information content (AvgIpc) is 3.43. The van der Waals surface area contributed by atoms with Crippen molar-refractivity contribution in [2.45, 2.75) is 155 Å². The van der Waals surface area contributed by atoms with Crippen molar-refractivity contribution in [3.8, 4) is 22.1 Å². The zero-order chi connectivity index (χ0) is 59.6. The quantitative estimate of drug-likeness (QED) is 0.0302. The van der Waals surface area contributed by atoms with Gasteiger partial charge in [0.25, 0.3) is 0 Å². The number of unbranched alkanes of at least 4 members (excludes halogenated alkanes) is 1. The van der Waals surface area contributed by atoms with E-state index in [9.17, 15) is 14.7 Å². The summed E-state index contributed by atoms with van der Waals surface area (Å²) in [5.41, 5.74) is 27.1. The van der Waals surface area contributed by atoms with Gasteiger partial charge in [0.05, 0.1) is 33.7 Å². The molecule has 2 amide bonds. The highest BCUT2D eigenvalue weighted by molar-refractivity contribution is 7.13. The molecule has 4 aromatic rings. The number of nitrogens with zero attached hydrogens (tertiary/aromatic N) is 8. The number of aryl methyl sites for hydroxylation is 1. The Bertz CT molecular complexity index is 2950. The van der Waals surface area contributed by atoms with Crippen LogP contribution < -0.4 is 32.6 Å². The van der Waals surface area contributed by atoms with E-state index in [-0.39, 0.29) is 53.5 Å². The van der Waals surface area contributed by atoms with E-state index in [2.05, 4.69) is 90.4 Å². The predicted octanol–water partition coefficient (Wildman–Crippen LogP) is 8.54. The van der Waals surface area contributed by atoms with Crippen LogP contribution in [0.4, 0.5) is 0 Å². The third-order valence-corrected chi connectivity index (χ3v) is 20.3. The first kappa shape index (κ1) is 61.7. The Morgan fingerprint density at radius 1 is 0.929 bits per heavy atom. The molecule has 5 aliphatic heterocycles. The number of nitrogens with one attached hydrogen (secondary N) is 2. The number of amidine groups is 1. The maximum absolute atomic E-state index is 14.5. The topological polar surface area (TPSA) is 229 Å². The number of allylic oxidation sites excluding steroid dienone is 1.